The van der Waals surface area contributed by atoms with Crippen LogP contribution in [0.2, 0.25) is 5.02 Å². The summed E-state index contributed by atoms with van der Waals surface area (Å²) in [5.74, 6) is -0.727. The molecule has 0 aliphatic heterocycles. The van der Waals surface area contributed by atoms with Gasteiger partial charge in [0, 0.05) is 14.1 Å². The number of carbonyl (C=O) groups is 2. The largest absolute Gasteiger partial charge is 0.439 e. The fraction of sp³-hybridized carbons (Fsp3) is 0.176. The van der Waals surface area contributed by atoms with E-state index in [2.05, 4.69) is 5.32 Å². The maximum atomic E-state index is 13.0. The van der Waals surface area contributed by atoms with Crippen molar-refractivity contribution in [1.82, 2.24) is 5.32 Å². The molecular weight excluding hydrogens is 335 g/mol. The van der Waals surface area contributed by atoms with Crippen LogP contribution in [-0.2, 0) is 9.53 Å². The van der Waals surface area contributed by atoms with Crippen molar-refractivity contribution in [3.8, 4) is 11.1 Å². The lowest BCUT2D eigenvalue weighted by atomic mass is 10.1. The maximum Gasteiger partial charge on any atom is 0.414 e. The van der Waals surface area contributed by atoms with Crippen LogP contribution in [0.5, 0.6) is 0 Å². The number of anilines is 1. The van der Waals surface area contributed by atoms with E-state index in [0.717, 1.165) is 11.1 Å². The number of hydrogen-bond acceptors (Lipinski definition) is 3. The highest BCUT2D eigenvalue weighted by molar-refractivity contribution is 6.34. The highest BCUT2D eigenvalue weighted by atomic mass is 35.5. The van der Waals surface area contributed by atoms with Crippen LogP contribution in [0.4, 0.5) is 14.9 Å². The molecule has 0 aliphatic carbocycles. The van der Waals surface area contributed by atoms with Crippen molar-refractivity contribution in [2.45, 2.75) is 0 Å². The molecule has 0 saturated heterocycles. The smallest absolute Gasteiger partial charge is 0.414 e. The van der Waals surface area contributed by atoms with Gasteiger partial charge in [-0.05, 0) is 35.4 Å². The van der Waals surface area contributed by atoms with Crippen molar-refractivity contribution in [3.63, 3.8) is 0 Å². The van der Waals surface area contributed by atoms with Crippen molar-refractivity contribution in [3.05, 3.63) is 53.3 Å². The minimum Gasteiger partial charge on any atom is -0.439 e. The zero-order valence-electron chi connectivity index (χ0n) is 13.2. The number of benzene rings is 2. The number of carbonyl (C=O) groups excluding carboxylic acids is 2. The zero-order chi connectivity index (χ0) is 17.7. The molecule has 24 heavy (non-hydrogen) atoms. The lowest BCUT2D eigenvalue weighted by Crippen LogP contribution is -2.32. The molecule has 0 fully saturated rings. The quantitative estimate of drug-likeness (QED) is 0.918. The van der Waals surface area contributed by atoms with Gasteiger partial charge in [-0.3, -0.25) is 9.69 Å². The van der Waals surface area contributed by atoms with E-state index in [1.54, 1.807) is 30.3 Å². The molecule has 2 rings (SSSR count). The molecule has 126 valence electrons. The summed E-state index contributed by atoms with van der Waals surface area (Å²) in [4.78, 5) is 24.2. The number of amides is 2. The Balaban J connectivity index is 2.15. The number of ether oxygens (including phenoxy) is 1. The summed E-state index contributed by atoms with van der Waals surface area (Å²) in [5, 5.41) is 2.68. The number of likely N-dealkylation sites (N-methyl/N-ethyl adjacent to an activating group) is 1. The SMILES string of the molecule is CNC(=O)COC(=O)N(C)c1ccc(-c2ccc(F)cc2)cc1Cl. The summed E-state index contributed by atoms with van der Waals surface area (Å²) < 4.78 is 17.9. The van der Waals surface area contributed by atoms with Crippen LogP contribution in [0.15, 0.2) is 42.5 Å². The molecule has 0 aromatic heterocycles. The van der Waals surface area contributed by atoms with E-state index in [4.69, 9.17) is 16.3 Å². The van der Waals surface area contributed by atoms with Gasteiger partial charge in [0.15, 0.2) is 6.61 Å². The van der Waals surface area contributed by atoms with Gasteiger partial charge in [0.25, 0.3) is 5.91 Å². The third kappa shape index (κ3) is 4.23. The average molecular weight is 351 g/mol. The number of rotatable bonds is 4. The van der Waals surface area contributed by atoms with Crippen LogP contribution in [0.1, 0.15) is 0 Å². The first-order valence-corrected chi connectivity index (χ1v) is 7.46. The molecule has 2 aromatic carbocycles. The second kappa shape index (κ2) is 7.79. The molecule has 2 amide bonds. The normalized spacial score (nSPS) is 10.2. The molecule has 7 heteroatoms. The van der Waals surface area contributed by atoms with Gasteiger partial charge in [-0.25, -0.2) is 9.18 Å². The first-order valence-electron chi connectivity index (χ1n) is 7.09. The predicted octanol–water partition coefficient (Wildman–Crippen LogP) is 3.46. The zero-order valence-corrected chi connectivity index (χ0v) is 13.9. The Bertz CT molecular complexity index is 750. The van der Waals surface area contributed by atoms with Crippen LogP contribution in [0.3, 0.4) is 0 Å². The Morgan fingerprint density at radius 2 is 1.79 bits per heavy atom. The highest BCUT2D eigenvalue weighted by Gasteiger charge is 2.17. The molecule has 0 unspecified atom stereocenters. The molecule has 5 nitrogen and oxygen atoms in total. The van der Waals surface area contributed by atoms with Gasteiger partial charge in [-0.15, -0.1) is 0 Å². The second-order valence-corrected chi connectivity index (χ2v) is 5.37. The lowest BCUT2D eigenvalue weighted by Gasteiger charge is -2.18. The summed E-state index contributed by atoms with van der Waals surface area (Å²) >= 11 is 6.24. The molecular formula is C17H16ClFN2O3. The molecule has 0 bridgehead atoms. The summed E-state index contributed by atoms with van der Waals surface area (Å²) in [6, 6.07) is 11.1. The van der Waals surface area contributed by atoms with Crippen molar-refractivity contribution < 1.29 is 18.7 Å². The predicted molar refractivity (Wildman–Crippen MR) is 90.7 cm³/mol. The highest BCUT2D eigenvalue weighted by Crippen LogP contribution is 2.31. The van der Waals surface area contributed by atoms with Gasteiger partial charge in [-0.2, -0.15) is 0 Å². The Hall–Kier alpha value is -2.60. The molecule has 0 spiro atoms. The standard InChI is InChI=1S/C17H16ClFN2O3/c1-20-16(22)10-24-17(23)21(2)15-8-5-12(9-14(15)18)11-3-6-13(19)7-4-11/h3-9H,10H2,1-2H3,(H,20,22). The first kappa shape index (κ1) is 17.7. The van der Waals surface area contributed by atoms with E-state index in [-0.39, 0.29) is 12.4 Å². The average Bonchev–Trinajstić information content (AvgIpc) is 2.59. The van der Waals surface area contributed by atoms with Crippen LogP contribution in [-0.4, -0.2) is 32.7 Å². The Labute approximate surface area is 144 Å². The summed E-state index contributed by atoms with van der Waals surface area (Å²) in [6.07, 6.45) is -0.699. The van der Waals surface area contributed by atoms with Crippen molar-refractivity contribution in [2.24, 2.45) is 0 Å². The number of nitrogens with zero attached hydrogens (tertiary/aromatic N) is 1. The van der Waals surface area contributed by atoms with Crippen LogP contribution in [0.25, 0.3) is 11.1 Å². The van der Waals surface area contributed by atoms with Crippen molar-refractivity contribution in [1.29, 1.82) is 0 Å². The Morgan fingerprint density at radius 1 is 1.17 bits per heavy atom. The Morgan fingerprint density at radius 3 is 2.38 bits per heavy atom. The molecule has 0 atom stereocenters. The number of hydrogen-bond donors (Lipinski definition) is 1. The van der Waals surface area contributed by atoms with Crippen LogP contribution in [0, 0.1) is 5.82 Å². The van der Waals surface area contributed by atoms with E-state index in [0.29, 0.717) is 10.7 Å². The monoisotopic (exact) mass is 350 g/mol. The fourth-order valence-corrected chi connectivity index (χ4v) is 2.30. The number of nitrogens with one attached hydrogen (secondary N) is 1. The van der Waals surface area contributed by atoms with Gasteiger partial charge >= 0.3 is 6.09 Å². The molecule has 0 radical (unpaired) electrons. The summed E-state index contributed by atoms with van der Waals surface area (Å²) in [7, 11) is 2.94. The molecule has 2 aromatic rings. The van der Waals surface area contributed by atoms with E-state index in [1.165, 1.54) is 31.1 Å². The number of halogens is 2. The second-order valence-electron chi connectivity index (χ2n) is 4.96. The Kier molecular flexibility index (Phi) is 5.76. The van der Waals surface area contributed by atoms with E-state index in [1.807, 2.05) is 0 Å². The van der Waals surface area contributed by atoms with Gasteiger partial charge in [0.05, 0.1) is 10.7 Å². The van der Waals surface area contributed by atoms with Crippen LogP contribution < -0.4 is 10.2 Å². The van der Waals surface area contributed by atoms with Crippen LogP contribution >= 0.6 is 11.6 Å². The van der Waals surface area contributed by atoms with Gasteiger partial charge in [0.2, 0.25) is 0 Å². The molecule has 0 heterocycles. The lowest BCUT2D eigenvalue weighted by molar-refractivity contribution is -0.123. The molecule has 0 saturated carbocycles. The minimum absolute atomic E-state index is 0.319. The third-order valence-corrected chi connectivity index (χ3v) is 3.67. The summed E-state index contributed by atoms with van der Waals surface area (Å²) in [6.45, 7) is -0.370. The maximum absolute atomic E-state index is 13.0. The topological polar surface area (TPSA) is 58.6 Å². The molecule has 0 aliphatic rings. The molecule has 1 N–H and O–H groups in total. The minimum atomic E-state index is -0.699. The van der Waals surface area contributed by atoms with Gasteiger partial charge in [0.1, 0.15) is 5.82 Å². The van der Waals surface area contributed by atoms with E-state index >= 15 is 0 Å². The van der Waals surface area contributed by atoms with Gasteiger partial charge < -0.3 is 10.1 Å². The summed E-state index contributed by atoms with van der Waals surface area (Å²) in [5.41, 5.74) is 2.02. The first-order chi connectivity index (χ1) is 11.4. The van der Waals surface area contributed by atoms with E-state index < -0.39 is 12.0 Å². The van der Waals surface area contributed by atoms with E-state index in [9.17, 15) is 14.0 Å². The fourth-order valence-electron chi connectivity index (χ4n) is 2.00. The van der Waals surface area contributed by atoms with Crippen molar-refractivity contribution in [2.75, 3.05) is 25.6 Å². The van der Waals surface area contributed by atoms with Crippen molar-refractivity contribution >= 4 is 29.3 Å². The van der Waals surface area contributed by atoms with Gasteiger partial charge in [-0.1, -0.05) is 29.8 Å². The third-order valence-electron chi connectivity index (χ3n) is 3.37.